The van der Waals surface area contributed by atoms with Gasteiger partial charge in [-0.1, -0.05) is 30.3 Å². The molecule has 0 aliphatic carbocycles. The van der Waals surface area contributed by atoms with Crippen molar-refractivity contribution in [3.8, 4) is 0 Å². The monoisotopic (exact) mass is 334 g/mol. The van der Waals surface area contributed by atoms with Crippen LogP contribution in [0.1, 0.15) is 24.8 Å². The molecule has 1 aromatic carbocycles. The Morgan fingerprint density at radius 2 is 2.04 bits per heavy atom. The second kappa shape index (κ2) is 5.56. The molecule has 2 aliphatic heterocycles. The van der Waals surface area contributed by atoms with Crippen LogP contribution in [0.15, 0.2) is 48.9 Å². The number of hydrogen-bond donors (Lipinski definition) is 2. The molecule has 0 unspecified atom stereocenters. The van der Waals surface area contributed by atoms with Crippen molar-refractivity contribution in [3.05, 3.63) is 54.5 Å². The summed E-state index contributed by atoms with van der Waals surface area (Å²) in [4.78, 5) is 14.6. The number of rotatable bonds is 4. The van der Waals surface area contributed by atoms with Crippen molar-refractivity contribution in [2.24, 2.45) is 5.41 Å². The fourth-order valence-electron chi connectivity index (χ4n) is 5.09. The van der Waals surface area contributed by atoms with Gasteiger partial charge in [0.25, 0.3) is 0 Å². The Balaban J connectivity index is 1.54. The van der Waals surface area contributed by atoms with Crippen molar-refractivity contribution in [1.29, 1.82) is 0 Å². The van der Waals surface area contributed by atoms with Gasteiger partial charge in [-0.25, -0.2) is 9.97 Å². The summed E-state index contributed by atoms with van der Waals surface area (Å²) in [5, 5.41) is 11.4. The van der Waals surface area contributed by atoms with E-state index in [2.05, 4.69) is 50.2 Å². The van der Waals surface area contributed by atoms with Gasteiger partial charge in [0.1, 0.15) is 17.8 Å². The van der Waals surface area contributed by atoms with Crippen molar-refractivity contribution < 1.29 is 5.11 Å². The Kier molecular flexibility index (Phi) is 3.31. The zero-order valence-electron chi connectivity index (χ0n) is 14.1. The van der Waals surface area contributed by atoms with E-state index in [1.165, 1.54) is 12.0 Å². The van der Waals surface area contributed by atoms with Gasteiger partial charge in [0, 0.05) is 23.7 Å². The SMILES string of the molecule is OC[C@@]1(Cc2ccccc2)C[C@H]2CC[C@@H]1N2c1ncnc2[nH]ccc12. The van der Waals surface area contributed by atoms with Gasteiger partial charge in [-0.3, -0.25) is 0 Å². The largest absolute Gasteiger partial charge is 0.396 e. The van der Waals surface area contributed by atoms with Crippen LogP contribution in [0.2, 0.25) is 0 Å². The maximum Gasteiger partial charge on any atom is 0.142 e. The molecule has 0 saturated carbocycles. The molecular formula is C20H22N4O. The van der Waals surface area contributed by atoms with Crippen LogP contribution < -0.4 is 4.90 Å². The van der Waals surface area contributed by atoms with Crippen molar-refractivity contribution in [3.63, 3.8) is 0 Å². The lowest BCUT2D eigenvalue weighted by Crippen LogP contribution is -2.42. The highest BCUT2D eigenvalue weighted by Gasteiger charge is 2.56. The van der Waals surface area contributed by atoms with Crippen LogP contribution >= 0.6 is 0 Å². The Bertz CT molecular complexity index is 893. The van der Waals surface area contributed by atoms with Crippen LogP contribution in [0.4, 0.5) is 5.82 Å². The standard InChI is InChI=1S/C20H22N4O/c25-12-20(10-14-4-2-1-3-5-14)11-15-6-7-17(20)24(15)19-16-8-9-21-18(16)22-13-23-19/h1-5,8-9,13,15,17,25H,6-7,10-12H2,(H,21,22,23)/t15-,17+,20-/m1/s1. The number of benzene rings is 1. The molecule has 0 amide bonds. The van der Waals surface area contributed by atoms with Gasteiger partial charge in [0.15, 0.2) is 0 Å². The van der Waals surface area contributed by atoms with Crippen molar-refractivity contribution >= 4 is 16.9 Å². The molecule has 0 spiro atoms. The molecular weight excluding hydrogens is 312 g/mol. The fourth-order valence-corrected chi connectivity index (χ4v) is 5.09. The molecule has 2 saturated heterocycles. The van der Waals surface area contributed by atoms with Gasteiger partial charge in [-0.15, -0.1) is 0 Å². The Hall–Kier alpha value is -2.40. The quantitative estimate of drug-likeness (QED) is 0.770. The van der Waals surface area contributed by atoms with Gasteiger partial charge in [-0.2, -0.15) is 0 Å². The topological polar surface area (TPSA) is 65.0 Å². The maximum atomic E-state index is 10.4. The summed E-state index contributed by atoms with van der Waals surface area (Å²) in [5.41, 5.74) is 2.10. The number of nitrogens with one attached hydrogen (secondary N) is 1. The number of aromatic nitrogens is 3. The fraction of sp³-hybridized carbons (Fsp3) is 0.400. The average molecular weight is 334 g/mol. The third kappa shape index (κ3) is 2.19. The van der Waals surface area contributed by atoms with E-state index in [9.17, 15) is 5.11 Å². The van der Waals surface area contributed by atoms with Crippen molar-refractivity contribution in [2.45, 2.75) is 37.8 Å². The van der Waals surface area contributed by atoms with E-state index in [0.29, 0.717) is 12.1 Å². The highest BCUT2D eigenvalue weighted by Crippen LogP contribution is 2.53. The number of fused-ring (bicyclic) bond motifs is 3. The molecule has 2 N–H and O–H groups in total. The summed E-state index contributed by atoms with van der Waals surface area (Å²) in [6, 6.07) is 13.4. The van der Waals surface area contributed by atoms with Crippen LogP contribution in [0.25, 0.3) is 11.0 Å². The van der Waals surface area contributed by atoms with Crippen LogP contribution in [0, 0.1) is 5.41 Å². The molecule has 25 heavy (non-hydrogen) atoms. The second-order valence-electron chi connectivity index (χ2n) is 7.48. The van der Waals surface area contributed by atoms with Gasteiger partial charge in [-0.05, 0) is 37.3 Å². The van der Waals surface area contributed by atoms with E-state index in [1.807, 2.05) is 12.3 Å². The third-order valence-corrected chi connectivity index (χ3v) is 6.14. The summed E-state index contributed by atoms with van der Waals surface area (Å²) in [6.45, 7) is 0.223. The average Bonchev–Trinajstić information content (AvgIpc) is 3.35. The molecule has 5 nitrogen and oxygen atoms in total. The molecule has 0 radical (unpaired) electrons. The zero-order chi connectivity index (χ0) is 16.9. The third-order valence-electron chi connectivity index (χ3n) is 6.14. The minimum absolute atomic E-state index is 0.0855. The molecule has 5 rings (SSSR count). The van der Waals surface area contributed by atoms with E-state index in [4.69, 9.17) is 0 Å². The first-order chi connectivity index (χ1) is 12.3. The molecule has 2 bridgehead atoms. The van der Waals surface area contributed by atoms with E-state index in [-0.39, 0.29) is 12.0 Å². The first-order valence-corrected chi connectivity index (χ1v) is 9.02. The number of H-pyrrole nitrogens is 1. The summed E-state index contributed by atoms with van der Waals surface area (Å²) < 4.78 is 0. The van der Waals surface area contributed by atoms with Gasteiger partial charge in [0.2, 0.25) is 0 Å². The lowest BCUT2D eigenvalue weighted by Gasteiger charge is -2.36. The number of aromatic amines is 1. The molecule has 4 heterocycles. The molecule has 5 heteroatoms. The predicted octanol–water partition coefficient (Wildman–Crippen LogP) is 2.92. The summed E-state index contributed by atoms with van der Waals surface area (Å²) >= 11 is 0. The first-order valence-electron chi connectivity index (χ1n) is 9.02. The first kappa shape index (κ1) is 14.9. The Morgan fingerprint density at radius 3 is 2.88 bits per heavy atom. The maximum absolute atomic E-state index is 10.4. The van der Waals surface area contributed by atoms with Crippen LogP contribution in [-0.4, -0.2) is 38.7 Å². The summed E-state index contributed by atoms with van der Waals surface area (Å²) in [5.74, 6) is 1.02. The Morgan fingerprint density at radius 1 is 1.16 bits per heavy atom. The van der Waals surface area contributed by atoms with Gasteiger partial charge >= 0.3 is 0 Å². The number of nitrogens with zero attached hydrogens (tertiary/aromatic N) is 3. The molecule has 2 fully saturated rings. The molecule has 3 aromatic rings. The number of hydrogen-bond acceptors (Lipinski definition) is 4. The van der Waals surface area contributed by atoms with E-state index >= 15 is 0 Å². The lowest BCUT2D eigenvalue weighted by atomic mass is 9.70. The highest BCUT2D eigenvalue weighted by atomic mass is 16.3. The summed E-state index contributed by atoms with van der Waals surface area (Å²) in [7, 11) is 0. The molecule has 2 aromatic heterocycles. The van der Waals surface area contributed by atoms with Crippen LogP contribution in [0.5, 0.6) is 0 Å². The molecule has 3 atom stereocenters. The molecule has 2 aliphatic rings. The van der Waals surface area contributed by atoms with Crippen molar-refractivity contribution in [2.75, 3.05) is 11.5 Å². The lowest BCUT2D eigenvalue weighted by molar-refractivity contribution is 0.0984. The van der Waals surface area contributed by atoms with Crippen molar-refractivity contribution in [1.82, 2.24) is 15.0 Å². The summed E-state index contributed by atoms with van der Waals surface area (Å²) in [6.07, 6.45) is 7.81. The van der Waals surface area contributed by atoms with E-state index in [0.717, 1.165) is 36.1 Å². The minimum atomic E-state index is -0.0855. The van der Waals surface area contributed by atoms with E-state index < -0.39 is 0 Å². The van der Waals surface area contributed by atoms with E-state index in [1.54, 1.807) is 6.33 Å². The smallest absolute Gasteiger partial charge is 0.142 e. The number of anilines is 1. The Labute approximate surface area is 146 Å². The number of aliphatic hydroxyl groups is 1. The minimum Gasteiger partial charge on any atom is -0.396 e. The van der Waals surface area contributed by atoms with Crippen LogP contribution in [-0.2, 0) is 6.42 Å². The molecule has 128 valence electrons. The van der Waals surface area contributed by atoms with Gasteiger partial charge in [0.05, 0.1) is 12.0 Å². The normalized spacial score (nSPS) is 28.1. The zero-order valence-corrected chi connectivity index (χ0v) is 14.1. The predicted molar refractivity (Wildman–Crippen MR) is 97.5 cm³/mol. The highest BCUT2D eigenvalue weighted by molar-refractivity contribution is 5.88. The number of aliphatic hydroxyl groups excluding tert-OH is 1. The second-order valence-corrected chi connectivity index (χ2v) is 7.48. The van der Waals surface area contributed by atoms with Gasteiger partial charge < -0.3 is 15.0 Å². The van der Waals surface area contributed by atoms with Crippen LogP contribution in [0.3, 0.4) is 0 Å².